The zero-order chi connectivity index (χ0) is 13.3. The van der Waals surface area contributed by atoms with Gasteiger partial charge in [-0.05, 0) is 19.1 Å². The number of nitrogens with one attached hydrogen (secondary N) is 1. The van der Waals surface area contributed by atoms with Crippen molar-refractivity contribution in [2.75, 3.05) is 11.9 Å². The predicted molar refractivity (Wildman–Crippen MR) is 70.4 cm³/mol. The maximum atomic E-state index is 12.1. The number of ketones is 1. The summed E-state index contributed by atoms with van der Waals surface area (Å²) >= 11 is 1.23. The number of carbonyl (C=O) groups excluding carboxylic acids is 2. The molecule has 0 bridgehead atoms. The van der Waals surface area contributed by atoms with E-state index in [-0.39, 0.29) is 11.7 Å². The molecule has 2 rings (SSSR count). The fourth-order valence-electron chi connectivity index (χ4n) is 1.58. The minimum absolute atomic E-state index is 0.0306. The van der Waals surface area contributed by atoms with E-state index >= 15 is 0 Å². The quantitative estimate of drug-likeness (QED) is 0.864. The third kappa shape index (κ3) is 2.19. The first-order valence-corrected chi connectivity index (χ1v) is 6.22. The van der Waals surface area contributed by atoms with Gasteiger partial charge < -0.3 is 4.98 Å². The van der Waals surface area contributed by atoms with Gasteiger partial charge in [0.15, 0.2) is 10.9 Å². The van der Waals surface area contributed by atoms with Crippen molar-refractivity contribution in [3.05, 3.63) is 34.6 Å². The second-order valence-corrected chi connectivity index (χ2v) is 4.89. The van der Waals surface area contributed by atoms with Crippen LogP contribution in [0.15, 0.2) is 18.3 Å². The van der Waals surface area contributed by atoms with Gasteiger partial charge in [-0.15, -0.1) is 0 Å². The molecule has 0 spiro atoms. The minimum atomic E-state index is -0.177. The lowest BCUT2D eigenvalue weighted by atomic mass is 10.3. The van der Waals surface area contributed by atoms with Crippen molar-refractivity contribution in [3.63, 3.8) is 0 Å². The lowest BCUT2D eigenvalue weighted by Crippen LogP contribution is -2.26. The van der Waals surface area contributed by atoms with Gasteiger partial charge in [0.25, 0.3) is 5.91 Å². The van der Waals surface area contributed by atoms with Crippen molar-refractivity contribution in [1.82, 2.24) is 9.97 Å². The highest BCUT2D eigenvalue weighted by molar-refractivity contribution is 7.17. The fourth-order valence-corrected chi connectivity index (χ4v) is 2.51. The average Bonchev–Trinajstić information content (AvgIpc) is 2.95. The van der Waals surface area contributed by atoms with E-state index in [0.29, 0.717) is 21.4 Å². The molecule has 0 radical (unpaired) electrons. The Balaban J connectivity index is 2.29. The van der Waals surface area contributed by atoms with Crippen LogP contribution in [-0.2, 0) is 0 Å². The topological polar surface area (TPSA) is 66.1 Å². The van der Waals surface area contributed by atoms with Gasteiger partial charge in [-0.25, -0.2) is 4.98 Å². The number of anilines is 1. The molecule has 18 heavy (non-hydrogen) atoms. The summed E-state index contributed by atoms with van der Waals surface area (Å²) < 4.78 is 0. The van der Waals surface area contributed by atoms with Crippen LogP contribution in [0.25, 0.3) is 0 Å². The molecular formula is C12H13N3O2S. The minimum Gasteiger partial charge on any atom is -0.357 e. The summed E-state index contributed by atoms with van der Waals surface area (Å²) in [6, 6.07) is 3.46. The van der Waals surface area contributed by atoms with E-state index in [1.165, 1.54) is 23.2 Å². The van der Waals surface area contributed by atoms with Crippen LogP contribution in [0.2, 0.25) is 0 Å². The van der Waals surface area contributed by atoms with Crippen molar-refractivity contribution >= 4 is 28.2 Å². The smallest absolute Gasteiger partial charge is 0.276 e. The second-order valence-electron chi connectivity index (χ2n) is 3.92. The number of carbonyl (C=O) groups is 2. The first kappa shape index (κ1) is 12.5. The number of nitrogens with zero attached hydrogens (tertiary/aromatic N) is 2. The number of Topliss-reactive ketones (excluding diaryl/α,β-unsaturated/α-hetero) is 1. The van der Waals surface area contributed by atoms with Crippen molar-refractivity contribution in [3.8, 4) is 0 Å². The van der Waals surface area contributed by atoms with E-state index in [4.69, 9.17) is 0 Å². The highest BCUT2D eigenvalue weighted by Crippen LogP contribution is 2.26. The zero-order valence-electron chi connectivity index (χ0n) is 10.4. The molecule has 1 N–H and O–H groups in total. The largest absolute Gasteiger partial charge is 0.357 e. The molecule has 2 aromatic rings. The molecular weight excluding hydrogens is 250 g/mol. The van der Waals surface area contributed by atoms with E-state index < -0.39 is 0 Å². The van der Waals surface area contributed by atoms with Crippen LogP contribution >= 0.6 is 11.3 Å². The summed E-state index contributed by atoms with van der Waals surface area (Å²) in [5.41, 5.74) is 1.16. The molecule has 1 amide bonds. The van der Waals surface area contributed by atoms with Gasteiger partial charge in [-0.1, -0.05) is 11.3 Å². The Kier molecular flexibility index (Phi) is 3.29. The number of hydrogen-bond acceptors (Lipinski definition) is 4. The summed E-state index contributed by atoms with van der Waals surface area (Å²) in [5.74, 6) is -0.208. The number of H-pyrrole nitrogens is 1. The van der Waals surface area contributed by atoms with Crippen LogP contribution in [-0.4, -0.2) is 28.7 Å². The molecule has 2 aromatic heterocycles. The maximum absolute atomic E-state index is 12.1. The Hall–Kier alpha value is -1.95. The number of aromatic nitrogens is 2. The summed E-state index contributed by atoms with van der Waals surface area (Å²) in [5, 5.41) is 0.525. The van der Waals surface area contributed by atoms with Gasteiger partial charge in [0.1, 0.15) is 5.69 Å². The lowest BCUT2D eigenvalue weighted by molar-refractivity contribution is 0.0986. The van der Waals surface area contributed by atoms with Gasteiger partial charge in [-0.3, -0.25) is 14.5 Å². The number of aryl methyl sites for hydroxylation is 1. The SMILES string of the molecule is CC(=O)c1sc(N(C)C(=O)c2ccc[nH]2)nc1C. The normalized spacial score (nSPS) is 10.4. The first-order valence-electron chi connectivity index (χ1n) is 5.40. The van der Waals surface area contributed by atoms with Crippen LogP contribution < -0.4 is 4.90 Å². The lowest BCUT2D eigenvalue weighted by Gasteiger charge is -2.12. The Morgan fingerprint density at radius 3 is 2.67 bits per heavy atom. The Morgan fingerprint density at radius 1 is 1.44 bits per heavy atom. The molecule has 0 saturated heterocycles. The summed E-state index contributed by atoms with van der Waals surface area (Å²) in [7, 11) is 1.64. The molecule has 0 saturated carbocycles. The molecule has 0 atom stereocenters. The van der Waals surface area contributed by atoms with Gasteiger partial charge in [0.05, 0.1) is 10.6 Å². The molecule has 94 valence electrons. The highest BCUT2D eigenvalue weighted by Gasteiger charge is 2.20. The molecule has 5 nitrogen and oxygen atoms in total. The number of thiazole rings is 1. The number of rotatable bonds is 3. The van der Waals surface area contributed by atoms with Gasteiger partial charge in [0, 0.05) is 20.2 Å². The Labute approximate surface area is 108 Å². The fraction of sp³-hybridized carbons (Fsp3) is 0.250. The van der Waals surface area contributed by atoms with E-state index in [9.17, 15) is 9.59 Å². The van der Waals surface area contributed by atoms with E-state index in [1.807, 2.05) is 0 Å². The highest BCUT2D eigenvalue weighted by atomic mass is 32.1. The molecule has 0 aliphatic carbocycles. The molecule has 6 heteroatoms. The molecule has 0 unspecified atom stereocenters. The van der Waals surface area contributed by atoms with Crippen LogP contribution in [0.5, 0.6) is 0 Å². The van der Waals surface area contributed by atoms with E-state index in [2.05, 4.69) is 9.97 Å². The Bertz CT molecular complexity index is 586. The average molecular weight is 263 g/mol. The Morgan fingerprint density at radius 2 is 2.17 bits per heavy atom. The van der Waals surface area contributed by atoms with Gasteiger partial charge >= 0.3 is 0 Å². The molecule has 0 aliphatic rings. The van der Waals surface area contributed by atoms with E-state index in [1.54, 1.807) is 32.3 Å². The van der Waals surface area contributed by atoms with Gasteiger partial charge in [-0.2, -0.15) is 0 Å². The van der Waals surface area contributed by atoms with Crippen LogP contribution in [0.1, 0.15) is 32.8 Å². The zero-order valence-corrected chi connectivity index (χ0v) is 11.2. The van der Waals surface area contributed by atoms with E-state index in [0.717, 1.165) is 0 Å². The summed E-state index contributed by atoms with van der Waals surface area (Å²) in [6.45, 7) is 3.26. The van der Waals surface area contributed by atoms with Crippen molar-refractivity contribution < 1.29 is 9.59 Å². The monoisotopic (exact) mass is 263 g/mol. The third-order valence-electron chi connectivity index (χ3n) is 2.52. The number of hydrogen-bond donors (Lipinski definition) is 1. The van der Waals surface area contributed by atoms with Crippen molar-refractivity contribution in [2.24, 2.45) is 0 Å². The standard InChI is InChI=1S/C12H13N3O2S/c1-7-10(8(2)16)18-12(14-7)15(3)11(17)9-5-4-6-13-9/h4-6,13H,1-3H3. The molecule has 2 heterocycles. The van der Waals surface area contributed by atoms with Crippen LogP contribution in [0.4, 0.5) is 5.13 Å². The predicted octanol–water partition coefficient (Wildman–Crippen LogP) is 2.26. The second kappa shape index (κ2) is 4.73. The first-order chi connectivity index (χ1) is 8.50. The molecule has 0 aliphatic heterocycles. The summed E-state index contributed by atoms with van der Waals surface area (Å²) in [4.78, 5) is 32.6. The molecule has 0 fully saturated rings. The van der Waals surface area contributed by atoms with Crippen LogP contribution in [0, 0.1) is 6.92 Å². The van der Waals surface area contributed by atoms with Crippen molar-refractivity contribution in [1.29, 1.82) is 0 Å². The number of amides is 1. The summed E-state index contributed by atoms with van der Waals surface area (Å²) in [6.07, 6.45) is 1.69. The molecule has 0 aromatic carbocycles. The van der Waals surface area contributed by atoms with Crippen LogP contribution in [0.3, 0.4) is 0 Å². The van der Waals surface area contributed by atoms with Gasteiger partial charge in [0.2, 0.25) is 0 Å². The third-order valence-corrected chi connectivity index (χ3v) is 3.86. The van der Waals surface area contributed by atoms with Crippen molar-refractivity contribution in [2.45, 2.75) is 13.8 Å². The maximum Gasteiger partial charge on any atom is 0.276 e. The number of aromatic amines is 1.